The Morgan fingerprint density at radius 3 is 2.47 bits per heavy atom. The maximum Gasteiger partial charge on any atom is 0.326 e. The number of para-hydroxylation sites is 2. The Hall–Kier alpha value is -3.06. The zero-order chi connectivity index (χ0) is 21.3. The van der Waals surface area contributed by atoms with E-state index in [4.69, 9.17) is 11.6 Å². The molecule has 2 aromatic carbocycles. The van der Waals surface area contributed by atoms with E-state index >= 15 is 0 Å². The number of benzene rings is 2. The molecule has 2 heterocycles. The summed E-state index contributed by atoms with van der Waals surface area (Å²) in [6.45, 7) is 2.76. The third-order valence-electron chi connectivity index (χ3n) is 5.59. The van der Waals surface area contributed by atoms with E-state index in [1.165, 1.54) is 0 Å². The third kappa shape index (κ3) is 3.98. The molecule has 1 unspecified atom stereocenters. The number of imidazole rings is 1. The molecule has 1 fully saturated rings. The summed E-state index contributed by atoms with van der Waals surface area (Å²) in [6.07, 6.45) is 1.37. The smallest absolute Gasteiger partial charge is 0.326 e. The Morgan fingerprint density at radius 2 is 1.77 bits per heavy atom. The normalized spacial score (nSPS) is 15.9. The summed E-state index contributed by atoms with van der Waals surface area (Å²) < 4.78 is 1.79. The molecule has 3 aromatic rings. The molecular formula is C22H23ClN4O3. The van der Waals surface area contributed by atoms with Gasteiger partial charge in [-0.15, -0.1) is 0 Å². The van der Waals surface area contributed by atoms with Crippen LogP contribution in [0.4, 0.5) is 0 Å². The van der Waals surface area contributed by atoms with Gasteiger partial charge in [0, 0.05) is 29.7 Å². The van der Waals surface area contributed by atoms with Crippen molar-refractivity contribution in [1.29, 1.82) is 0 Å². The number of carbonyl (C=O) groups excluding carboxylic acids is 2. The van der Waals surface area contributed by atoms with Crippen molar-refractivity contribution in [3.05, 3.63) is 69.6 Å². The van der Waals surface area contributed by atoms with E-state index in [0.717, 1.165) is 11.0 Å². The number of nitrogens with one attached hydrogen (secondary N) is 2. The van der Waals surface area contributed by atoms with E-state index in [0.29, 0.717) is 36.5 Å². The van der Waals surface area contributed by atoms with E-state index in [1.54, 1.807) is 40.7 Å². The van der Waals surface area contributed by atoms with E-state index in [2.05, 4.69) is 10.3 Å². The molecule has 0 spiro atoms. The SMILES string of the molecule is CC(NC(=O)c1ccc(Cl)cc1)C(=O)N1CCC(n2c(=O)[nH]c3ccccc32)CC1. The molecule has 1 aliphatic heterocycles. The maximum absolute atomic E-state index is 12.8. The van der Waals surface area contributed by atoms with Gasteiger partial charge in [-0.2, -0.15) is 0 Å². The molecule has 2 N–H and O–H groups in total. The molecule has 8 heteroatoms. The summed E-state index contributed by atoms with van der Waals surface area (Å²) in [4.78, 5) is 42.2. The Kier molecular flexibility index (Phi) is 5.63. The maximum atomic E-state index is 12.8. The molecule has 0 radical (unpaired) electrons. The van der Waals surface area contributed by atoms with E-state index in [9.17, 15) is 14.4 Å². The van der Waals surface area contributed by atoms with Crippen molar-refractivity contribution in [2.75, 3.05) is 13.1 Å². The predicted molar refractivity (Wildman–Crippen MR) is 116 cm³/mol. The molecule has 7 nitrogen and oxygen atoms in total. The van der Waals surface area contributed by atoms with Crippen LogP contribution < -0.4 is 11.0 Å². The molecule has 156 valence electrons. The number of hydrogen-bond donors (Lipinski definition) is 2. The van der Waals surface area contributed by atoms with Gasteiger partial charge in [0.1, 0.15) is 6.04 Å². The number of nitrogens with zero attached hydrogens (tertiary/aromatic N) is 2. The molecule has 0 saturated carbocycles. The van der Waals surface area contributed by atoms with Crippen molar-refractivity contribution in [2.45, 2.75) is 31.8 Å². The zero-order valence-corrected chi connectivity index (χ0v) is 17.4. The highest BCUT2D eigenvalue weighted by molar-refractivity contribution is 6.30. The average molecular weight is 427 g/mol. The van der Waals surface area contributed by atoms with Crippen molar-refractivity contribution in [3.63, 3.8) is 0 Å². The fourth-order valence-electron chi connectivity index (χ4n) is 4.00. The largest absolute Gasteiger partial charge is 0.341 e. The number of carbonyl (C=O) groups is 2. The van der Waals surface area contributed by atoms with Gasteiger partial charge in [-0.1, -0.05) is 23.7 Å². The molecule has 0 bridgehead atoms. The number of piperidine rings is 1. The van der Waals surface area contributed by atoms with Crippen LogP contribution in [0.25, 0.3) is 11.0 Å². The fraction of sp³-hybridized carbons (Fsp3) is 0.318. The number of aromatic amines is 1. The van der Waals surface area contributed by atoms with Gasteiger partial charge in [0.15, 0.2) is 0 Å². The second-order valence-corrected chi connectivity index (χ2v) is 8.01. The summed E-state index contributed by atoms with van der Waals surface area (Å²) >= 11 is 5.85. The summed E-state index contributed by atoms with van der Waals surface area (Å²) in [6, 6.07) is 13.5. The number of rotatable bonds is 4. The standard InChI is InChI=1S/C22H23ClN4O3/c1-14(24-20(28)15-6-8-16(23)9-7-15)21(29)26-12-10-17(11-13-26)27-19-5-3-2-4-18(19)25-22(27)30/h2-9,14,17H,10-13H2,1H3,(H,24,28)(H,25,30). The highest BCUT2D eigenvalue weighted by Crippen LogP contribution is 2.25. The number of likely N-dealkylation sites (tertiary alicyclic amines) is 1. The number of amides is 2. The number of halogens is 1. The predicted octanol–water partition coefficient (Wildman–Crippen LogP) is 2.97. The number of aromatic nitrogens is 2. The number of hydrogen-bond acceptors (Lipinski definition) is 3. The lowest BCUT2D eigenvalue weighted by atomic mass is 10.0. The number of H-pyrrole nitrogens is 1. The van der Waals surface area contributed by atoms with Crippen LogP contribution in [0.3, 0.4) is 0 Å². The first-order chi connectivity index (χ1) is 14.4. The molecule has 1 aliphatic rings. The van der Waals surface area contributed by atoms with Gasteiger partial charge in [-0.05, 0) is 56.2 Å². The summed E-state index contributed by atoms with van der Waals surface area (Å²) in [5, 5.41) is 3.30. The van der Waals surface area contributed by atoms with Crippen LogP contribution in [0.5, 0.6) is 0 Å². The van der Waals surface area contributed by atoms with Crippen LogP contribution in [-0.2, 0) is 4.79 Å². The van der Waals surface area contributed by atoms with Gasteiger partial charge in [0.05, 0.1) is 11.0 Å². The fourth-order valence-corrected chi connectivity index (χ4v) is 4.12. The number of fused-ring (bicyclic) bond motifs is 1. The van der Waals surface area contributed by atoms with Crippen LogP contribution in [0.15, 0.2) is 53.3 Å². The zero-order valence-electron chi connectivity index (χ0n) is 16.6. The molecule has 4 rings (SSSR count). The summed E-state index contributed by atoms with van der Waals surface area (Å²) in [7, 11) is 0. The molecule has 2 amide bonds. The Bertz CT molecular complexity index is 1130. The lowest BCUT2D eigenvalue weighted by Gasteiger charge is -2.34. The summed E-state index contributed by atoms with van der Waals surface area (Å²) in [5.41, 5.74) is 2.04. The second kappa shape index (κ2) is 8.36. The van der Waals surface area contributed by atoms with E-state index in [-0.39, 0.29) is 23.5 Å². The van der Waals surface area contributed by atoms with Gasteiger partial charge >= 0.3 is 5.69 Å². The van der Waals surface area contributed by atoms with E-state index < -0.39 is 6.04 Å². The van der Waals surface area contributed by atoms with Gasteiger partial charge in [0.25, 0.3) is 5.91 Å². The van der Waals surface area contributed by atoms with E-state index in [1.807, 2.05) is 24.3 Å². The van der Waals surface area contributed by atoms with Crippen molar-refractivity contribution in [3.8, 4) is 0 Å². The first kappa shape index (κ1) is 20.2. The Morgan fingerprint density at radius 1 is 1.10 bits per heavy atom. The Balaban J connectivity index is 1.38. The molecule has 30 heavy (non-hydrogen) atoms. The topological polar surface area (TPSA) is 87.2 Å². The molecule has 0 aliphatic carbocycles. The minimum absolute atomic E-state index is 0.0386. The van der Waals surface area contributed by atoms with Crippen molar-refractivity contribution >= 4 is 34.4 Å². The second-order valence-electron chi connectivity index (χ2n) is 7.58. The Labute approximate surface area is 178 Å². The highest BCUT2D eigenvalue weighted by atomic mass is 35.5. The van der Waals surface area contributed by atoms with Crippen molar-refractivity contribution < 1.29 is 9.59 Å². The summed E-state index contributed by atoms with van der Waals surface area (Å²) in [5.74, 6) is -0.435. The minimum atomic E-state index is -0.638. The quantitative estimate of drug-likeness (QED) is 0.672. The average Bonchev–Trinajstić information content (AvgIpc) is 3.09. The lowest BCUT2D eigenvalue weighted by Crippen LogP contribution is -2.49. The van der Waals surface area contributed by atoms with Gasteiger partial charge in [-0.3, -0.25) is 14.2 Å². The molecule has 1 aromatic heterocycles. The van der Waals surface area contributed by atoms with Crippen molar-refractivity contribution in [2.24, 2.45) is 0 Å². The monoisotopic (exact) mass is 426 g/mol. The van der Waals surface area contributed by atoms with Crippen LogP contribution >= 0.6 is 11.6 Å². The van der Waals surface area contributed by atoms with Crippen LogP contribution in [0.1, 0.15) is 36.2 Å². The van der Waals surface area contributed by atoms with Gasteiger partial charge < -0.3 is 15.2 Å². The lowest BCUT2D eigenvalue weighted by molar-refractivity contribution is -0.134. The highest BCUT2D eigenvalue weighted by Gasteiger charge is 2.29. The van der Waals surface area contributed by atoms with Crippen molar-refractivity contribution in [1.82, 2.24) is 19.8 Å². The molecular weight excluding hydrogens is 404 g/mol. The van der Waals surface area contributed by atoms with Crippen LogP contribution in [0, 0.1) is 0 Å². The molecule has 1 saturated heterocycles. The van der Waals surface area contributed by atoms with Gasteiger partial charge in [0.2, 0.25) is 5.91 Å². The third-order valence-corrected chi connectivity index (χ3v) is 5.84. The van der Waals surface area contributed by atoms with Crippen LogP contribution in [-0.4, -0.2) is 45.4 Å². The molecule has 1 atom stereocenters. The first-order valence-electron chi connectivity index (χ1n) is 9.98. The van der Waals surface area contributed by atoms with Crippen LogP contribution in [0.2, 0.25) is 5.02 Å². The van der Waals surface area contributed by atoms with Gasteiger partial charge in [-0.25, -0.2) is 4.79 Å². The minimum Gasteiger partial charge on any atom is -0.341 e. The first-order valence-corrected chi connectivity index (χ1v) is 10.4.